The molecular weight excluding hydrogens is 495 g/mol. The second-order valence-corrected chi connectivity index (χ2v) is 11.0. The lowest BCUT2D eigenvalue weighted by Crippen LogP contribution is -2.44. The largest absolute Gasteiger partial charge is 0.387 e. The Kier molecular flexibility index (Phi) is 8.56. The van der Waals surface area contributed by atoms with Gasteiger partial charge in [0.05, 0.1) is 19.5 Å². The number of hydrogen-bond acceptors (Lipinski definition) is 11. The van der Waals surface area contributed by atoms with Crippen LogP contribution in [0.1, 0.15) is 40.3 Å². The Bertz CT molecular complexity index is 1020. The molecule has 2 unspecified atom stereocenters. The summed E-state index contributed by atoms with van der Waals surface area (Å²) in [5.74, 6) is 0.347. The van der Waals surface area contributed by atoms with E-state index < -0.39 is 37.7 Å². The number of aliphatic hydroxyl groups excluding tert-OH is 1. The maximum absolute atomic E-state index is 12.1. The summed E-state index contributed by atoms with van der Waals surface area (Å²) >= 11 is 7.15. The maximum atomic E-state index is 12.1. The summed E-state index contributed by atoms with van der Waals surface area (Å²) in [6, 6.07) is 0. The molecule has 33 heavy (non-hydrogen) atoms. The lowest BCUT2D eigenvalue weighted by molar-refractivity contribution is -0.118. The van der Waals surface area contributed by atoms with Gasteiger partial charge in [0.15, 0.2) is 22.1 Å². The van der Waals surface area contributed by atoms with Gasteiger partial charge in [0.25, 0.3) is 0 Å². The van der Waals surface area contributed by atoms with Gasteiger partial charge in [0.1, 0.15) is 29.7 Å². The molecule has 2 aromatic rings. The summed E-state index contributed by atoms with van der Waals surface area (Å²) in [7, 11) is -2.89. The fraction of sp³-hybridized carbons (Fsp3) is 0.684. The quantitative estimate of drug-likeness (QED) is 0.269. The molecule has 2 N–H and O–H groups in total. The van der Waals surface area contributed by atoms with E-state index >= 15 is 0 Å². The van der Waals surface area contributed by atoms with E-state index in [1.165, 1.54) is 24.1 Å². The molecule has 0 amide bonds. The standard InChI is InChI=1S/C19H28ClN4O7PS/c1-5-18(2,3)17(26)33-7-6-29-32(28)30-8-11-13(25)19(4,27)16(31-11)24-10-23-12-14(20)21-9-22-15(12)24/h9-11,13,16,25,27,32H,5-8H2,1-4H3/t11-,13+,16-,19?/m1/s1. The number of imidazole rings is 1. The molecule has 0 spiro atoms. The molecule has 3 heterocycles. The van der Waals surface area contributed by atoms with E-state index in [1.54, 1.807) is 0 Å². The normalized spacial score (nSPS) is 26.7. The van der Waals surface area contributed by atoms with E-state index in [2.05, 4.69) is 15.0 Å². The first-order chi connectivity index (χ1) is 15.5. The van der Waals surface area contributed by atoms with Gasteiger partial charge in [-0.1, -0.05) is 44.1 Å². The molecule has 0 bridgehead atoms. The highest BCUT2D eigenvalue weighted by Gasteiger charge is 2.53. The second-order valence-electron chi connectivity index (χ2n) is 8.47. The Morgan fingerprint density at radius 1 is 1.39 bits per heavy atom. The van der Waals surface area contributed by atoms with Gasteiger partial charge in [-0.05, 0) is 13.3 Å². The van der Waals surface area contributed by atoms with E-state index in [4.69, 9.17) is 25.4 Å². The van der Waals surface area contributed by atoms with Crippen LogP contribution in [0.25, 0.3) is 11.2 Å². The molecule has 1 aliphatic rings. The molecular formula is C19H28ClN4O7PS. The van der Waals surface area contributed by atoms with Gasteiger partial charge in [-0.15, -0.1) is 0 Å². The highest BCUT2D eigenvalue weighted by atomic mass is 35.5. The number of thioether (sulfide) groups is 1. The van der Waals surface area contributed by atoms with Gasteiger partial charge in [0, 0.05) is 11.2 Å². The van der Waals surface area contributed by atoms with Crippen molar-refractivity contribution in [2.75, 3.05) is 19.0 Å². The summed E-state index contributed by atoms with van der Waals surface area (Å²) in [6.07, 6.45) is -0.0321. The van der Waals surface area contributed by atoms with Crippen LogP contribution in [0, 0.1) is 5.41 Å². The number of aliphatic hydroxyl groups is 2. The Hall–Kier alpha value is -1.11. The van der Waals surface area contributed by atoms with Crippen LogP contribution in [-0.4, -0.2) is 71.6 Å². The number of aromatic nitrogens is 4. The molecule has 0 radical (unpaired) electrons. The average molecular weight is 523 g/mol. The van der Waals surface area contributed by atoms with Gasteiger partial charge in [-0.25, -0.2) is 15.0 Å². The molecule has 0 aliphatic carbocycles. The van der Waals surface area contributed by atoms with Gasteiger partial charge >= 0.3 is 8.25 Å². The summed E-state index contributed by atoms with van der Waals surface area (Å²) < 4.78 is 29.7. The number of ether oxygens (including phenoxy) is 1. The van der Waals surface area contributed by atoms with Crippen molar-refractivity contribution < 1.29 is 33.4 Å². The van der Waals surface area contributed by atoms with Crippen molar-refractivity contribution in [1.82, 2.24) is 19.5 Å². The van der Waals surface area contributed by atoms with Crippen molar-refractivity contribution in [3.8, 4) is 0 Å². The van der Waals surface area contributed by atoms with Gasteiger partial charge < -0.3 is 24.0 Å². The molecule has 1 aliphatic heterocycles. The molecule has 14 heteroatoms. The van der Waals surface area contributed by atoms with Crippen molar-refractivity contribution >= 4 is 47.9 Å². The number of carbonyl (C=O) groups is 1. The van der Waals surface area contributed by atoms with E-state index in [0.717, 1.165) is 18.2 Å². The molecule has 11 nitrogen and oxygen atoms in total. The third-order valence-electron chi connectivity index (χ3n) is 5.66. The zero-order valence-electron chi connectivity index (χ0n) is 18.7. The summed E-state index contributed by atoms with van der Waals surface area (Å²) in [5.41, 5.74) is -1.50. The van der Waals surface area contributed by atoms with Crippen LogP contribution in [0.15, 0.2) is 12.7 Å². The first-order valence-electron chi connectivity index (χ1n) is 10.3. The third-order valence-corrected chi connectivity index (χ3v) is 7.96. The zero-order chi connectivity index (χ0) is 24.4. The second kappa shape index (κ2) is 10.7. The highest BCUT2D eigenvalue weighted by molar-refractivity contribution is 8.13. The summed E-state index contributed by atoms with van der Waals surface area (Å²) in [5, 5.41) is 21.6. The molecule has 5 atom stereocenters. The SMILES string of the molecule is CCC(C)(C)C(=O)SCCO[PH](=O)OC[C@H]1O[C@@H](n2cnc3c(Cl)ncnc32)C(C)(O)[C@H]1O. The first kappa shape index (κ1) is 26.5. The van der Waals surface area contributed by atoms with E-state index in [-0.39, 0.29) is 23.5 Å². The van der Waals surface area contributed by atoms with Crippen molar-refractivity contribution in [3.63, 3.8) is 0 Å². The number of fused-ring (bicyclic) bond motifs is 1. The van der Waals surface area contributed by atoms with Crippen LogP contribution in [0.5, 0.6) is 0 Å². The number of carbonyl (C=O) groups excluding carboxylic acids is 1. The average Bonchev–Trinajstić information content (AvgIpc) is 3.29. The van der Waals surface area contributed by atoms with Crippen molar-refractivity contribution in [3.05, 3.63) is 17.8 Å². The predicted octanol–water partition coefficient (Wildman–Crippen LogP) is 2.61. The fourth-order valence-corrected chi connectivity index (χ4v) is 5.03. The minimum Gasteiger partial charge on any atom is -0.387 e. The van der Waals surface area contributed by atoms with Gasteiger partial charge in [-0.3, -0.25) is 13.9 Å². The predicted molar refractivity (Wildman–Crippen MR) is 123 cm³/mol. The van der Waals surface area contributed by atoms with E-state index in [1.807, 2.05) is 20.8 Å². The number of rotatable bonds is 10. The summed E-state index contributed by atoms with van der Waals surface area (Å²) in [6.45, 7) is 6.90. The van der Waals surface area contributed by atoms with Gasteiger partial charge in [-0.2, -0.15) is 0 Å². The van der Waals surface area contributed by atoms with Crippen LogP contribution < -0.4 is 0 Å². The lowest BCUT2D eigenvalue weighted by atomic mass is 9.92. The van der Waals surface area contributed by atoms with E-state index in [0.29, 0.717) is 16.9 Å². The molecule has 184 valence electrons. The number of nitrogens with zero attached hydrogens (tertiary/aromatic N) is 4. The van der Waals surface area contributed by atoms with Crippen LogP contribution in [0.3, 0.4) is 0 Å². The Morgan fingerprint density at radius 3 is 2.82 bits per heavy atom. The molecule has 1 saturated heterocycles. The Morgan fingerprint density at radius 2 is 2.12 bits per heavy atom. The van der Waals surface area contributed by atoms with Crippen molar-refractivity contribution in [2.24, 2.45) is 5.41 Å². The first-order valence-corrected chi connectivity index (χ1v) is 12.9. The fourth-order valence-electron chi connectivity index (χ4n) is 3.16. The molecule has 0 saturated carbocycles. The Labute approximate surface area is 201 Å². The van der Waals surface area contributed by atoms with Crippen LogP contribution in [-0.2, 0) is 23.1 Å². The van der Waals surface area contributed by atoms with Crippen molar-refractivity contribution in [2.45, 2.75) is 58.2 Å². The van der Waals surface area contributed by atoms with Crippen molar-refractivity contribution in [1.29, 1.82) is 0 Å². The van der Waals surface area contributed by atoms with E-state index in [9.17, 15) is 19.6 Å². The monoisotopic (exact) mass is 522 g/mol. The molecule has 0 aromatic carbocycles. The summed E-state index contributed by atoms with van der Waals surface area (Å²) in [4.78, 5) is 24.2. The topological polar surface area (TPSA) is 146 Å². The highest BCUT2D eigenvalue weighted by Crippen LogP contribution is 2.41. The number of halogens is 1. The minimum absolute atomic E-state index is 0.0449. The molecule has 1 fully saturated rings. The Balaban J connectivity index is 1.53. The van der Waals surface area contributed by atoms with Gasteiger partial charge in [0.2, 0.25) is 0 Å². The maximum Gasteiger partial charge on any atom is 0.319 e. The van der Waals surface area contributed by atoms with Crippen LogP contribution >= 0.6 is 31.6 Å². The number of hydrogen-bond donors (Lipinski definition) is 2. The zero-order valence-corrected chi connectivity index (χ0v) is 21.3. The molecule has 3 rings (SSSR count). The van der Waals surface area contributed by atoms with Crippen LogP contribution in [0.4, 0.5) is 0 Å². The third kappa shape index (κ3) is 5.76. The molecule has 2 aromatic heterocycles. The minimum atomic E-state index is -2.89. The smallest absolute Gasteiger partial charge is 0.319 e. The lowest BCUT2D eigenvalue weighted by Gasteiger charge is -2.27. The van der Waals surface area contributed by atoms with Crippen LogP contribution in [0.2, 0.25) is 5.15 Å².